The van der Waals surface area contributed by atoms with Crippen molar-refractivity contribution in [1.82, 2.24) is 20.2 Å². The van der Waals surface area contributed by atoms with E-state index in [9.17, 15) is 4.79 Å². The molecule has 0 fully saturated rings. The summed E-state index contributed by atoms with van der Waals surface area (Å²) in [7, 11) is 0. The minimum absolute atomic E-state index is 0.333. The molecule has 0 aliphatic heterocycles. The number of anilines is 2. The minimum Gasteiger partial charge on any atom is -0.308 e. The third-order valence-electron chi connectivity index (χ3n) is 3.82. The van der Waals surface area contributed by atoms with E-state index in [4.69, 9.17) is 0 Å². The summed E-state index contributed by atoms with van der Waals surface area (Å²) in [4.78, 5) is 20.5. The molecule has 3 N–H and O–H groups in total. The molecule has 0 saturated carbocycles. The van der Waals surface area contributed by atoms with Gasteiger partial charge in [0, 0.05) is 22.7 Å². The van der Waals surface area contributed by atoms with E-state index >= 15 is 0 Å². The van der Waals surface area contributed by atoms with Crippen molar-refractivity contribution in [3.05, 3.63) is 64.5 Å². The highest BCUT2D eigenvalue weighted by Crippen LogP contribution is 2.22. The Morgan fingerprint density at radius 3 is 2.85 bits per heavy atom. The normalized spacial score (nSPS) is 11.1. The smallest absolute Gasteiger partial charge is 0.308 e. The number of aromatic amines is 1. The second kappa shape index (κ2) is 7.38. The van der Waals surface area contributed by atoms with Gasteiger partial charge in [0.25, 0.3) is 0 Å². The number of pyridine rings is 1. The van der Waals surface area contributed by atoms with Gasteiger partial charge in [-0.15, -0.1) is 11.3 Å². The Morgan fingerprint density at radius 2 is 2.07 bits per heavy atom. The third kappa shape index (κ3) is 4.01. The number of thiazole rings is 1. The number of H-pyrrole nitrogens is 1. The van der Waals surface area contributed by atoms with Crippen LogP contribution >= 0.6 is 11.3 Å². The maximum atomic E-state index is 12.1. The third-order valence-corrected chi connectivity index (χ3v) is 4.61. The van der Waals surface area contributed by atoms with Crippen LogP contribution in [0.4, 0.5) is 16.2 Å². The molecular weight excluding hydrogens is 360 g/mol. The number of hydrogen-bond acceptors (Lipinski definition) is 5. The van der Waals surface area contributed by atoms with Crippen LogP contribution in [0.15, 0.2) is 48.1 Å². The molecule has 2 amide bonds. The van der Waals surface area contributed by atoms with E-state index in [-0.39, 0.29) is 6.03 Å². The van der Waals surface area contributed by atoms with Crippen molar-refractivity contribution in [1.29, 1.82) is 0 Å². The molecule has 3 heterocycles. The number of benzene rings is 1. The molecule has 4 aromatic rings. The summed E-state index contributed by atoms with van der Waals surface area (Å²) in [6, 6.07) is 8.80. The second-order valence-corrected chi connectivity index (χ2v) is 6.88. The van der Waals surface area contributed by atoms with Gasteiger partial charge in [-0.25, -0.2) is 9.78 Å². The van der Waals surface area contributed by atoms with E-state index in [1.807, 2.05) is 42.7 Å². The molecule has 0 aliphatic carbocycles. The highest BCUT2D eigenvalue weighted by atomic mass is 32.1. The number of amides is 2. The summed E-state index contributed by atoms with van der Waals surface area (Å²) in [6.07, 6.45) is 7.10. The van der Waals surface area contributed by atoms with Gasteiger partial charge in [0.15, 0.2) is 0 Å². The van der Waals surface area contributed by atoms with Gasteiger partial charge in [0.1, 0.15) is 0 Å². The van der Waals surface area contributed by atoms with Gasteiger partial charge in [-0.05, 0) is 49.4 Å². The number of nitrogens with one attached hydrogen (secondary N) is 3. The first kappa shape index (κ1) is 16.9. The monoisotopic (exact) mass is 376 g/mol. The van der Waals surface area contributed by atoms with Crippen LogP contribution in [0.25, 0.3) is 23.1 Å². The molecule has 0 saturated heterocycles. The minimum atomic E-state index is -0.333. The van der Waals surface area contributed by atoms with Gasteiger partial charge in [-0.2, -0.15) is 5.10 Å². The van der Waals surface area contributed by atoms with Gasteiger partial charge < -0.3 is 10.6 Å². The topological polar surface area (TPSA) is 95.6 Å². The molecule has 7 nitrogen and oxygen atoms in total. The number of carbonyl (C=O) groups excluding carboxylic acids is 1. The van der Waals surface area contributed by atoms with E-state index in [1.54, 1.807) is 35.9 Å². The lowest BCUT2D eigenvalue weighted by Crippen LogP contribution is -2.19. The molecule has 0 unspecified atom stereocenters. The number of carbonyl (C=O) groups is 1. The lowest BCUT2D eigenvalue weighted by atomic mass is 10.2. The van der Waals surface area contributed by atoms with E-state index in [2.05, 4.69) is 30.8 Å². The van der Waals surface area contributed by atoms with Gasteiger partial charge in [0.2, 0.25) is 0 Å². The zero-order valence-corrected chi connectivity index (χ0v) is 15.2. The fourth-order valence-electron chi connectivity index (χ4n) is 2.60. The molecule has 3 aromatic heterocycles. The van der Waals surface area contributed by atoms with E-state index < -0.39 is 0 Å². The number of aromatic nitrogens is 4. The summed E-state index contributed by atoms with van der Waals surface area (Å²) in [6.45, 7) is 1.98. The van der Waals surface area contributed by atoms with Gasteiger partial charge in [-0.1, -0.05) is 0 Å². The van der Waals surface area contributed by atoms with Crippen molar-refractivity contribution in [3.8, 4) is 0 Å². The molecule has 0 atom stereocenters. The average Bonchev–Trinajstić information content (AvgIpc) is 3.26. The molecule has 8 heteroatoms. The number of aryl methyl sites for hydroxylation is 1. The fourth-order valence-corrected chi connectivity index (χ4v) is 3.18. The molecule has 0 radical (unpaired) electrons. The maximum absolute atomic E-state index is 12.1. The molecule has 0 aliphatic rings. The highest BCUT2D eigenvalue weighted by molar-refractivity contribution is 7.09. The Hall–Kier alpha value is -3.52. The van der Waals surface area contributed by atoms with Crippen LogP contribution in [0, 0.1) is 6.92 Å². The first-order valence-electron chi connectivity index (χ1n) is 8.24. The quantitative estimate of drug-likeness (QED) is 0.487. The van der Waals surface area contributed by atoms with Crippen LogP contribution in [0.5, 0.6) is 0 Å². The number of rotatable bonds is 4. The van der Waals surface area contributed by atoms with Crippen LogP contribution in [0.1, 0.15) is 16.4 Å². The first-order valence-corrected chi connectivity index (χ1v) is 9.12. The Kier molecular flexibility index (Phi) is 4.63. The average molecular weight is 376 g/mol. The molecule has 0 bridgehead atoms. The molecule has 27 heavy (non-hydrogen) atoms. The van der Waals surface area contributed by atoms with Crippen molar-refractivity contribution in [3.63, 3.8) is 0 Å². The molecule has 0 spiro atoms. The number of hydrogen-bond donors (Lipinski definition) is 3. The standard InChI is InChI=1S/C19H16N6OS/c1-12-21-15(11-27-12)5-7-17-16-6-4-13(9-18(16)25-24-17)22-19(26)23-14-3-2-8-20-10-14/h2-11H,1H3,(H,24,25)(H2,22,23,26)/b7-5+. The Balaban J connectivity index is 1.48. The van der Waals surface area contributed by atoms with E-state index in [0.29, 0.717) is 11.4 Å². The summed E-state index contributed by atoms with van der Waals surface area (Å²) in [5, 5.41) is 16.9. The first-order chi connectivity index (χ1) is 13.2. The van der Waals surface area contributed by atoms with Crippen LogP contribution in [-0.2, 0) is 0 Å². The van der Waals surface area contributed by atoms with Crippen LogP contribution in [0.2, 0.25) is 0 Å². The number of fused-ring (bicyclic) bond motifs is 1. The van der Waals surface area contributed by atoms with Crippen molar-refractivity contribution in [2.75, 3.05) is 10.6 Å². The van der Waals surface area contributed by atoms with Gasteiger partial charge >= 0.3 is 6.03 Å². The number of nitrogens with zero attached hydrogens (tertiary/aromatic N) is 3. The lowest BCUT2D eigenvalue weighted by Gasteiger charge is -2.07. The largest absolute Gasteiger partial charge is 0.323 e. The van der Waals surface area contributed by atoms with Crippen molar-refractivity contribution in [2.45, 2.75) is 6.92 Å². The zero-order valence-electron chi connectivity index (χ0n) is 14.4. The van der Waals surface area contributed by atoms with E-state index in [0.717, 1.165) is 27.3 Å². The van der Waals surface area contributed by atoms with Crippen molar-refractivity contribution in [2.24, 2.45) is 0 Å². The van der Waals surface area contributed by atoms with Gasteiger partial charge in [0.05, 0.1) is 33.8 Å². The van der Waals surface area contributed by atoms with E-state index in [1.165, 1.54) is 0 Å². The predicted octanol–water partition coefficient (Wildman–Crippen LogP) is 4.54. The Bertz CT molecular complexity index is 1120. The molecule has 1 aromatic carbocycles. The summed E-state index contributed by atoms with van der Waals surface area (Å²) < 4.78 is 0. The molecular formula is C19H16N6OS. The van der Waals surface area contributed by atoms with Gasteiger partial charge in [-0.3, -0.25) is 10.1 Å². The summed E-state index contributed by atoms with van der Waals surface area (Å²) >= 11 is 1.61. The molecule has 4 rings (SSSR count). The van der Waals surface area contributed by atoms with Crippen molar-refractivity contribution >= 4 is 51.8 Å². The lowest BCUT2D eigenvalue weighted by molar-refractivity contribution is 0.262. The zero-order chi connectivity index (χ0) is 18.6. The molecule has 134 valence electrons. The second-order valence-electron chi connectivity index (χ2n) is 5.81. The predicted molar refractivity (Wildman–Crippen MR) is 109 cm³/mol. The summed E-state index contributed by atoms with van der Waals surface area (Å²) in [5.74, 6) is 0. The van der Waals surface area contributed by atoms with Crippen LogP contribution in [0.3, 0.4) is 0 Å². The number of urea groups is 1. The maximum Gasteiger partial charge on any atom is 0.323 e. The van der Waals surface area contributed by atoms with Crippen molar-refractivity contribution < 1.29 is 4.79 Å². The highest BCUT2D eigenvalue weighted by Gasteiger charge is 2.07. The SMILES string of the molecule is Cc1nc(/C=C/c2n[nH]c3cc(NC(=O)Nc4cccnc4)ccc23)cs1. The summed E-state index contributed by atoms with van der Waals surface area (Å²) in [5.41, 5.74) is 3.87. The van der Waals surface area contributed by atoms with Crippen LogP contribution < -0.4 is 10.6 Å². The Morgan fingerprint density at radius 1 is 1.19 bits per heavy atom. The Labute approximate surface area is 159 Å². The van der Waals surface area contributed by atoms with Crippen LogP contribution in [-0.4, -0.2) is 26.2 Å². The fraction of sp³-hybridized carbons (Fsp3) is 0.0526.